The van der Waals surface area contributed by atoms with Crippen LogP contribution < -0.4 is 25.2 Å². The number of nitrogens with one attached hydrogen (secondary N) is 1. The number of methoxy groups -OCH3 is 1. The first-order valence-electron chi connectivity index (χ1n) is 12.0. The maximum atomic E-state index is 13.7. The predicted octanol–water partition coefficient (Wildman–Crippen LogP) is 2.94. The van der Waals surface area contributed by atoms with E-state index in [2.05, 4.69) is 15.0 Å². The molecule has 0 unspecified atom stereocenters. The molecular weight excluding hydrogens is 540 g/mol. The highest BCUT2D eigenvalue weighted by Crippen LogP contribution is 2.32. The normalized spacial score (nSPS) is 15.2. The Kier molecular flexibility index (Phi) is 7.40. The van der Waals surface area contributed by atoms with Crippen molar-refractivity contribution in [3.8, 4) is 5.75 Å². The van der Waals surface area contributed by atoms with Crippen molar-refractivity contribution >= 4 is 35.1 Å². The van der Waals surface area contributed by atoms with Gasteiger partial charge in [0.05, 0.1) is 35.6 Å². The van der Waals surface area contributed by atoms with E-state index in [9.17, 15) is 14.4 Å². The van der Waals surface area contributed by atoms with Crippen LogP contribution >= 0.6 is 23.1 Å². The molecule has 0 fully saturated rings. The minimum Gasteiger partial charge on any atom is -0.497 e. The summed E-state index contributed by atoms with van der Waals surface area (Å²) in [6, 6.07) is 11.3. The van der Waals surface area contributed by atoms with E-state index in [4.69, 9.17) is 13.9 Å². The number of carbonyl (C=O) groups excluding carboxylic acids is 1. The van der Waals surface area contributed by atoms with Crippen molar-refractivity contribution < 1.29 is 18.7 Å². The second-order valence-electron chi connectivity index (χ2n) is 8.53. The van der Waals surface area contributed by atoms with Crippen LogP contribution in [0.15, 0.2) is 83.0 Å². The van der Waals surface area contributed by atoms with Crippen molar-refractivity contribution in [1.82, 2.24) is 14.5 Å². The van der Waals surface area contributed by atoms with E-state index in [-0.39, 0.29) is 17.7 Å². The van der Waals surface area contributed by atoms with E-state index < -0.39 is 12.0 Å². The number of hydrogen-bond acceptors (Lipinski definition) is 10. The Morgan fingerprint density at radius 1 is 1.21 bits per heavy atom. The van der Waals surface area contributed by atoms with Gasteiger partial charge in [-0.15, -0.1) is 0 Å². The second kappa shape index (κ2) is 10.9. The van der Waals surface area contributed by atoms with Gasteiger partial charge in [-0.05, 0) is 62.4 Å². The van der Waals surface area contributed by atoms with Crippen LogP contribution in [0.2, 0.25) is 0 Å². The quantitative estimate of drug-likeness (QED) is 0.268. The molecule has 0 spiro atoms. The highest BCUT2D eigenvalue weighted by Gasteiger charge is 2.33. The molecule has 200 valence electrons. The zero-order chi connectivity index (χ0) is 27.7. The molecule has 0 aliphatic carbocycles. The molecule has 1 aliphatic rings. The smallest absolute Gasteiger partial charge is 0.338 e. The number of nitrogens with zero attached hydrogens (tertiary/aromatic N) is 3. The highest BCUT2D eigenvalue weighted by atomic mass is 32.2. The number of hydrogen-bond donors (Lipinski definition) is 1. The maximum absolute atomic E-state index is 13.7. The predicted molar refractivity (Wildman–Crippen MR) is 146 cm³/mol. The molecule has 0 amide bonds. The molecule has 1 aromatic carbocycles. The van der Waals surface area contributed by atoms with Crippen molar-refractivity contribution in [2.24, 2.45) is 4.99 Å². The van der Waals surface area contributed by atoms with Crippen LogP contribution in [-0.2, 0) is 9.53 Å². The standard InChI is InChI=1S/C27H24N4O6S2/c1-5-36-25(34)22-15(3)29-27-31(23(22)16-6-8-17(35-4)9-7-16)24(33)19(38-27)13-18-10-11-21(37-18)39-26-28-14(2)12-20(32)30-26/h6-13,23H,5H2,1-4H3,(H,28,30,32)/b19-13+/t23-/m0/s1. The first-order chi connectivity index (χ1) is 18.8. The fraction of sp³-hybridized carbons (Fsp3) is 0.222. The third-order valence-corrected chi connectivity index (χ3v) is 7.66. The van der Waals surface area contributed by atoms with Crippen molar-refractivity contribution in [1.29, 1.82) is 0 Å². The van der Waals surface area contributed by atoms with Crippen molar-refractivity contribution in [3.63, 3.8) is 0 Å². The van der Waals surface area contributed by atoms with Crippen LogP contribution in [0.3, 0.4) is 0 Å². The summed E-state index contributed by atoms with van der Waals surface area (Å²) in [5.74, 6) is 0.574. The zero-order valence-electron chi connectivity index (χ0n) is 21.5. The van der Waals surface area contributed by atoms with Crippen molar-refractivity contribution in [3.05, 3.63) is 101 Å². The van der Waals surface area contributed by atoms with E-state index in [0.29, 0.717) is 48.1 Å². The molecule has 0 saturated heterocycles. The van der Waals surface area contributed by atoms with Crippen LogP contribution in [0.1, 0.15) is 36.9 Å². The number of rotatable bonds is 7. The number of aromatic nitrogens is 3. The molecule has 39 heavy (non-hydrogen) atoms. The van der Waals surface area contributed by atoms with Gasteiger partial charge in [0.15, 0.2) is 15.1 Å². The lowest BCUT2D eigenvalue weighted by atomic mass is 9.96. The van der Waals surface area contributed by atoms with Gasteiger partial charge in [-0.25, -0.2) is 14.8 Å². The molecule has 1 atom stereocenters. The first-order valence-corrected chi connectivity index (χ1v) is 13.6. The number of benzene rings is 1. The lowest BCUT2D eigenvalue weighted by Gasteiger charge is -2.24. The van der Waals surface area contributed by atoms with E-state index >= 15 is 0 Å². The topological polar surface area (TPSA) is 129 Å². The monoisotopic (exact) mass is 564 g/mol. The summed E-state index contributed by atoms with van der Waals surface area (Å²) in [4.78, 5) is 50.5. The van der Waals surface area contributed by atoms with Crippen LogP contribution in [0.5, 0.6) is 5.75 Å². The van der Waals surface area contributed by atoms with Gasteiger partial charge >= 0.3 is 5.97 Å². The van der Waals surface area contributed by atoms with Gasteiger partial charge in [0.1, 0.15) is 11.5 Å². The van der Waals surface area contributed by atoms with Gasteiger partial charge in [-0.1, -0.05) is 23.5 Å². The number of H-pyrrole nitrogens is 1. The fourth-order valence-electron chi connectivity index (χ4n) is 4.18. The summed E-state index contributed by atoms with van der Waals surface area (Å²) in [6.07, 6.45) is 1.63. The van der Waals surface area contributed by atoms with Crippen molar-refractivity contribution in [2.45, 2.75) is 37.1 Å². The summed E-state index contributed by atoms with van der Waals surface area (Å²) >= 11 is 2.37. The Hall–Kier alpha value is -4.16. The lowest BCUT2D eigenvalue weighted by Crippen LogP contribution is -2.39. The number of fused-ring (bicyclic) bond motifs is 1. The molecule has 1 aliphatic heterocycles. The molecule has 4 heterocycles. The molecule has 0 saturated carbocycles. The number of aromatic amines is 1. The average Bonchev–Trinajstić information content (AvgIpc) is 3.46. The Morgan fingerprint density at radius 2 is 1.97 bits per heavy atom. The molecule has 0 bridgehead atoms. The number of aryl methyl sites for hydroxylation is 1. The zero-order valence-corrected chi connectivity index (χ0v) is 23.1. The van der Waals surface area contributed by atoms with Crippen LogP contribution in [0.25, 0.3) is 6.08 Å². The van der Waals surface area contributed by atoms with Crippen LogP contribution in [0.4, 0.5) is 0 Å². The number of esters is 1. The Labute approximate surface area is 230 Å². The van der Waals surface area contributed by atoms with E-state index in [1.54, 1.807) is 58.2 Å². The summed E-state index contributed by atoms with van der Waals surface area (Å²) in [5, 5.41) is 0.904. The van der Waals surface area contributed by atoms with E-state index in [1.807, 2.05) is 12.1 Å². The highest BCUT2D eigenvalue weighted by molar-refractivity contribution is 7.99. The Bertz CT molecular complexity index is 1830. The van der Waals surface area contributed by atoms with E-state index in [0.717, 1.165) is 5.56 Å². The molecule has 10 nitrogen and oxygen atoms in total. The summed E-state index contributed by atoms with van der Waals surface area (Å²) in [5.41, 5.74) is 1.54. The third kappa shape index (κ3) is 5.38. The maximum Gasteiger partial charge on any atom is 0.338 e. The number of ether oxygens (including phenoxy) is 2. The van der Waals surface area contributed by atoms with Crippen molar-refractivity contribution in [2.75, 3.05) is 13.7 Å². The second-order valence-corrected chi connectivity index (χ2v) is 10.5. The third-order valence-electron chi connectivity index (χ3n) is 5.87. The summed E-state index contributed by atoms with van der Waals surface area (Å²) in [6.45, 7) is 5.40. The Morgan fingerprint density at radius 3 is 2.67 bits per heavy atom. The van der Waals surface area contributed by atoms with Gasteiger partial charge in [-0.2, -0.15) is 0 Å². The molecular formula is C27H24N4O6S2. The average molecular weight is 565 g/mol. The lowest BCUT2D eigenvalue weighted by molar-refractivity contribution is -0.139. The molecule has 0 radical (unpaired) electrons. The number of allylic oxidation sites excluding steroid dienone is 1. The molecule has 3 aromatic heterocycles. The molecule has 12 heteroatoms. The minimum absolute atomic E-state index is 0.195. The first kappa shape index (κ1) is 26.4. The van der Waals surface area contributed by atoms with Crippen LogP contribution in [-0.4, -0.2) is 34.2 Å². The summed E-state index contributed by atoms with van der Waals surface area (Å²) < 4.78 is 18.4. The molecule has 1 N–H and O–H groups in total. The number of furan rings is 1. The largest absolute Gasteiger partial charge is 0.497 e. The van der Waals surface area contributed by atoms with Crippen LogP contribution in [0, 0.1) is 6.92 Å². The Balaban J connectivity index is 1.57. The minimum atomic E-state index is -0.722. The SMILES string of the molecule is CCOC(=O)C1=C(C)N=c2s/c(=C/c3ccc(Sc4nc(C)cc(=O)[nH]4)o3)c(=O)n2[C@H]1c1ccc(OC)cc1. The molecule has 4 aromatic rings. The van der Waals surface area contributed by atoms with E-state index in [1.165, 1.54) is 33.7 Å². The number of thiazole rings is 1. The summed E-state index contributed by atoms with van der Waals surface area (Å²) in [7, 11) is 1.57. The number of carbonyl (C=O) groups is 1. The molecule has 5 rings (SSSR count). The van der Waals surface area contributed by atoms with Gasteiger partial charge in [0, 0.05) is 17.8 Å². The van der Waals surface area contributed by atoms with Gasteiger partial charge in [0.25, 0.3) is 11.1 Å². The van der Waals surface area contributed by atoms with Gasteiger partial charge in [-0.3, -0.25) is 14.2 Å². The van der Waals surface area contributed by atoms with Gasteiger partial charge < -0.3 is 18.9 Å². The fourth-order valence-corrected chi connectivity index (χ4v) is 6.02. The van der Waals surface area contributed by atoms with Gasteiger partial charge in [0.2, 0.25) is 0 Å².